The maximum Gasteiger partial charge on any atom is 0.0786 e. The summed E-state index contributed by atoms with van der Waals surface area (Å²) in [6, 6.07) is 24.1. The minimum Gasteiger partial charge on any atom is -0.264 e. The summed E-state index contributed by atoms with van der Waals surface area (Å²) in [7, 11) is 0. The molecule has 29 heavy (non-hydrogen) atoms. The zero-order valence-electron chi connectivity index (χ0n) is 16.5. The molecule has 0 unspecified atom stereocenters. The molecule has 0 radical (unpaired) electrons. The van der Waals surface area contributed by atoms with Crippen molar-refractivity contribution in [3.8, 4) is 22.4 Å². The molecule has 0 bridgehead atoms. The number of pyridine rings is 2. The molecule has 2 aromatic heterocycles. The van der Waals surface area contributed by atoms with E-state index >= 15 is 0 Å². The largest absolute Gasteiger partial charge is 0.264 e. The Labute approximate surface area is 169 Å². The minimum atomic E-state index is -0.127. The first kappa shape index (κ1) is 16.4. The fourth-order valence-electron chi connectivity index (χ4n) is 4.81. The Kier molecular flexibility index (Phi) is 3.25. The molecule has 0 fully saturated rings. The third-order valence-electron chi connectivity index (χ3n) is 6.35. The first-order chi connectivity index (χ1) is 14.1. The molecule has 1 aliphatic carbocycles. The highest BCUT2D eigenvalue weighted by Gasteiger charge is 2.34. The van der Waals surface area contributed by atoms with Crippen molar-refractivity contribution >= 4 is 21.5 Å². The maximum absolute atomic E-state index is 4.84. The van der Waals surface area contributed by atoms with E-state index in [1.807, 2.05) is 18.6 Å². The van der Waals surface area contributed by atoms with Crippen molar-refractivity contribution in [2.24, 2.45) is 0 Å². The van der Waals surface area contributed by atoms with Gasteiger partial charge in [-0.15, -0.1) is 0 Å². The van der Waals surface area contributed by atoms with Gasteiger partial charge >= 0.3 is 0 Å². The van der Waals surface area contributed by atoms with Gasteiger partial charge in [0.1, 0.15) is 0 Å². The van der Waals surface area contributed by atoms with Gasteiger partial charge in [0.2, 0.25) is 0 Å². The van der Waals surface area contributed by atoms with Crippen molar-refractivity contribution in [3.63, 3.8) is 0 Å². The van der Waals surface area contributed by atoms with Gasteiger partial charge < -0.3 is 0 Å². The predicted molar refractivity (Wildman–Crippen MR) is 120 cm³/mol. The van der Waals surface area contributed by atoms with E-state index in [2.05, 4.69) is 85.6 Å². The van der Waals surface area contributed by atoms with E-state index in [0.29, 0.717) is 0 Å². The number of fused-ring (bicyclic) bond motifs is 3. The van der Waals surface area contributed by atoms with Crippen LogP contribution in [0, 0.1) is 0 Å². The lowest BCUT2D eigenvalue weighted by atomic mass is 9.68. The monoisotopic (exact) mass is 372 g/mol. The lowest BCUT2D eigenvalue weighted by Crippen LogP contribution is -2.24. The fraction of sp³-hybridized carbons (Fsp3) is 0.111. The Bertz CT molecular complexity index is 1420. The van der Waals surface area contributed by atoms with Crippen molar-refractivity contribution in [3.05, 3.63) is 96.4 Å². The summed E-state index contributed by atoms with van der Waals surface area (Å²) in [5, 5.41) is 4.91. The molecule has 0 saturated heterocycles. The molecule has 6 rings (SSSR count). The Morgan fingerprint density at radius 2 is 1.52 bits per heavy atom. The van der Waals surface area contributed by atoms with Gasteiger partial charge in [0.25, 0.3) is 0 Å². The molecule has 0 N–H and O–H groups in total. The maximum atomic E-state index is 4.84. The quantitative estimate of drug-likeness (QED) is 0.325. The van der Waals surface area contributed by atoms with Gasteiger partial charge in [-0.25, -0.2) is 0 Å². The molecule has 0 atom stereocenters. The lowest BCUT2D eigenvalue weighted by molar-refractivity contribution is 0.645. The summed E-state index contributed by atoms with van der Waals surface area (Å²) in [5.74, 6) is 0. The number of rotatable bonds is 1. The Balaban J connectivity index is 1.74. The topological polar surface area (TPSA) is 25.8 Å². The second kappa shape index (κ2) is 5.74. The molecule has 0 aliphatic heterocycles. The van der Waals surface area contributed by atoms with Gasteiger partial charge in [-0.2, -0.15) is 0 Å². The first-order valence-corrected chi connectivity index (χ1v) is 10.0. The van der Waals surface area contributed by atoms with Gasteiger partial charge in [0.15, 0.2) is 0 Å². The van der Waals surface area contributed by atoms with Crippen molar-refractivity contribution in [1.82, 2.24) is 9.97 Å². The first-order valence-electron chi connectivity index (χ1n) is 10.0. The molecule has 5 aromatic rings. The highest BCUT2D eigenvalue weighted by molar-refractivity contribution is 6.05. The van der Waals surface area contributed by atoms with Crippen LogP contribution in [0.25, 0.3) is 43.9 Å². The number of hydrogen-bond acceptors (Lipinski definition) is 2. The van der Waals surface area contributed by atoms with E-state index in [9.17, 15) is 0 Å². The smallest absolute Gasteiger partial charge is 0.0786 e. The molecule has 0 spiro atoms. The molecule has 2 heteroatoms. The predicted octanol–water partition coefficient (Wildman–Crippen LogP) is 6.76. The molecule has 2 nitrogen and oxygen atoms in total. The Morgan fingerprint density at radius 1 is 0.690 bits per heavy atom. The number of nitrogens with zero attached hydrogens (tertiary/aromatic N) is 2. The zero-order chi connectivity index (χ0) is 19.6. The van der Waals surface area contributed by atoms with Gasteiger partial charge in [-0.3, -0.25) is 9.97 Å². The summed E-state index contributed by atoms with van der Waals surface area (Å²) < 4.78 is 0. The SMILES string of the molecule is CC1(C)c2cc3cnccc3cc2-c2nccc3cc(-c4ccccc4)cc1c23. The van der Waals surface area contributed by atoms with Crippen LogP contribution in [0.15, 0.2) is 85.3 Å². The summed E-state index contributed by atoms with van der Waals surface area (Å²) in [4.78, 5) is 9.17. The van der Waals surface area contributed by atoms with Crippen LogP contribution in [0.3, 0.4) is 0 Å². The third-order valence-corrected chi connectivity index (χ3v) is 6.35. The van der Waals surface area contributed by atoms with Gasteiger partial charge in [0, 0.05) is 40.3 Å². The van der Waals surface area contributed by atoms with Crippen molar-refractivity contribution in [2.45, 2.75) is 19.3 Å². The zero-order valence-corrected chi connectivity index (χ0v) is 16.5. The number of aromatic nitrogens is 2. The number of benzene rings is 3. The fourth-order valence-corrected chi connectivity index (χ4v) is 4.81. The summed E-state index contributed by atoms with van der Waals surface area (Å²) >= 11 is 0. The highest BCUT2D eigenvalue weighted by Crippen LogP contribution is 2.49. The van der Waals surface area contributed by atoms with E-state index in [1.165, 1.54) is 49.4 Å². The molecule has 1 aliphatic rings. The molecule has 2 heterocycles. The standard InChI is InChI=1S/C27H20N2/c1-27(2)23-15-21-16-28-10-8-18(21)13-22(23)26-25-19(9-11-29-26)12-20(14-24(25)27)17-6-4-3-5-7-17/h3-16H,1-2H3. The molecule has 0 amide bonds. The van der Waals surface area contributed by atoms with E-state index in [0.717, 1.165) is 5.69 Å². The van der Waals surface area contributed by atoms with Crippen molar-refractivity contribution in [2.75, 3.05) is 0 Å². The summed E-state index contributed by atoms with van der Waals surface area (Å²) in [5.41, 5.74) is 7.35. The van der Waals surface area contributed by atoms with Crippen LogP contribution in [0.2, 0.25) is 0 Å². The van der Waals surface area contributed by atoms with Crippen LogP contribution in [0.4, 0.5) is 0 Å². The highest BCUT2D eigenvalue weighted by atomic mass is 14.7. The molecular weight excluding hydrogens is 352 g/mol. The van der Waals surface area contributed by atoms with Crippen LogP contribution in [0.1, 0.15) is 25.0 Å². The second-order valence-electron chi connectivity index (χ2n) is 8.39. The summed E-state index contributed by atoms with van der Waals surface area (Å²) in [6.07, 6.45) is 5.75. The normalized spacial score (nSPS) is 14.1. The average Bonchev–Trinajstić information content (AvgIpc) is 2.77. The average molecular weight is 372 g/mol. The number of hydrogen-bond donors (Lipinski definition) is 0. The van der Waals surface area contributed by atoms with Gasteiger partial charge in [-0.05, 0) is 69.4 Å². The molecule has 138 valence electrons. The van der Waals surface area contributed by atoms with Crippen LogP contribution in [-0.2, 0) is 5.41 Å². The molecule has 3 aromatic carbocycles. The molecule has 0 saturated carbocycles. The third kappa shape index (κ3) is 2.29. The van der Waals surface area contributed by atoms with E-state index < -0.39 is 0 Å². The minimum absolute atomic E-state index is 0.127. The van der Waals surface area contributed by atoms with Crippen LogP contribution < -0.4 is 0 Å². The second-order valence-corrected chi connectivity index (χ2v) is 8.39. The summed E-state index contributed by atoms with van der Waals surface area (Å²) in [6.45, 7) is 4.65. The van der Waals surface area contributed by atoms with E-state index in [4.69, 9.17) is 4.98 Å². The van der Waals surface area contributed by atoms with Crippen molar-refractivity contribution in [1.29, 1.82) is 0 Å². The van der Waals surface area contributed by atoms with E-state index in [-0.39, 0.29) is 5.41 Å². The van der Waals surface area contributed by atoms with Crippen LogP contribution in [0.5, 0.6) is 0 Å². The van der Waals surface area contributed by atoms with Crippen LogP contribution in [-0.4, -0.2) is 9.97 Å². The van der Waals surface area contributed by atoms with E-state index in [1.54, 1.807) is 0 Å². The Morgan fingerprint density at radius 3 is 2.38 bits per heavy atom. The Hall–Kier alpha value is -3.52. The van der Waals surface area contributed by atoms with Crippen LogP contribution >= 0.6 is 0 Å². The van der Waals surface area contributed by atoms with Crippen molar-refractivity contribution < 1.29 is 0 Å². The molecular formula is C27H20N2. The van der Waals surface area contributed by atoms with Gasteiger partial charge in [0.05, 0.1) is 5.69 Å². The lowest BCUT2D eigenvalue weighted by Gasteiger charge is -2.35. The van der Waals surface area contributed by atoms with Gasteiger partial charge in [-0.1, -0.05) is 44.2 Å².